The molecule has 0 saturated carbocycles. The second-order valence-corrected chi connectivity index (χ2v) is 6.72. The Morgan fingerprint density at radius 3 is 2.75 bits per heavy atom. The number of ether oxygens (including phenoxy) is 1. The van der Waals surface area contributed by atoms with Crippen LogP contribution in [0, 0.1) is 6.92 Å². The van der Waals surface area contributed by atoms with Crippen LogP contribution in [0.5, 0.6) is 5.75 Å². The number of nitrogens with zero attached hydrogens (tertiary/aromatic N) is 3. The highest BCUT2D eigenvalue weighted by molar-refractivity contribution is 6.10. The van der Waals surface area contributed by atoms with Crippen molar-refractivity contribution in [3.8, 4) is 16.9 Å². The summed E-state index contributed by atoms with van der Waals surface area (Å²) >= 11 is 0. The number of aromatic hydroxyl groups is 1. The van der Waals surface area contributed by atoms with Crippen molar-refractivity contribution in [1.29, 1.82) is 0 Å². The number of phenolic OH excluding ortho intramolecular Hbond substituents is 1. The van der Waals surface area contributed by atoms with Crippen LogP contribution < -0.4 is 16.4 Å². The quantitative estimate of drug-likeness (QED) is 0.592. The maximum Gasteiger partial charge on any atom is 0.250 e. The van der Waals surface area contributed by atoms with Crippen molar-refractivity contribution in [2.45, 2.75) is 6.92 Å². The average Bonchev–Trinajstić information content (AvgIpc) is 2.70. The van der Waals surface area contributed by atoms with E-state index in [1.807, 2.05) is 6.07 Å². The lowest BCUT2D eigenvalue weighted by atomic mass is 9.94. The standard InChI is InChI=1S/C20H21N5O3/c1-11-12(3-2-4-15(11)26)17-18(21)13(20(22)27)9-14-19(17)23-10-16(24-14)25-5-7-28-8-6-25/h2-4,9-10,26H,5-8,21H2,1H3,(H2,22,27). The Morgan fingerprint density at radius 2 is 2.04 bits per heavy atom. The van der Waals surface area contributed by atoms with E-state index in [2.05, 4.69) is 9.88 Å². The number of rotatable bonds is 3. The first-order valence-electron chi connectivity index (χ1n) is 8.98. The number of phenols is 1. The van der Waals surface area contributed by atoms with Gasteiger partial charge in [-0.15, -0.1) is 0 Å². The Hall–Kier alpha value is -3.39. The third kappa shape index (κ3) is 2.97. The molecule has 28 heavy (non-hydrogen) atoms. The zero-order valence-electron chi connectivity index (χ0n) is 15.5. The van der Waals surface area contributed by atoms with E-state index in [1.165, 1.54) is 0 Å². The zero-order chi connectivity index (χ0) is 19.8. The molecule has 2 heterocycles. The van der Waals surface area contributed by atoms with Gasteiger partial charge in [0.15, 0.2) is 0 Å². The molecule has 8 heteroatoms. The number of hydrogen-bond donors (Lipinski definition) is 3. The highest BCUT2D eigenvalue weighted by Crippen LogP contribution is 2.39. The molecule has 3 aromatic rings. The van der Waals surface area contributed by atoms with E-state index >= 15 is 0 Å². The first kappa shape index (κ1) is 18.0. The van der Waals surface area contributed by atoms with Crippen molar-refractivity contribution in [2.24, 2.45) is 5.73 Å². The number of nitrogen functional groups attached to an aromatic ring is 1. The van der Waals surface area contributed by atoms with Gasteiger partial charge in [0.25, 0.3) is 5.91 Å². The van der Waals surface area contributed by atoms with Crippen LogP contribution in [0.15, 0.2) is 30.5 Å². The van der Waals surface area contributed by atoms with E-state index < -0.39 is 5.91 Å². The van der Waals surface area contributed by atoms with E-state index in [0.717, 1.165) is 13.1 Å². The molecule has 0 spiro atoms. The van der Waals surface area contributed by atoms with Crippen molar-refractivity contribution in [3.63, 3.8) is 0 Å². The first-order chi connectivity index (χ1) is 13.5. The fourth-order valence-electron chi connectivity index (χ4n) is 3.48. The molecule has 0 bridgehead atoms. The van der Waals surface area contributed by atoms with Crippen LogP contribution in [0.25, 0.3) is 22.2 Å². The molecule has 5 N–H and O–H groups in total. The molecule has 1 saturated heterocycles. The van der Waals surface area contributed by atoms with Crippen LogP contribution in [0.3, 0.4) is 0 Å². The molecule has 0 radical (unpaired) electrons. The summed E-state index contributed by atoms with van der Waals surface area (Å²) in [6, 6.07) is 6.71. The van der Waals surface area contributed by atoms with Gasteiger partial charge in [-0.25, -0.2) is 4.98 Å². The molecule has 1 aromatic heterocycles. The first-order valence-corrected chi connectivity index (χ1v) is 8.98. The molecule has 144 valence electrons. The largest absolute Gasteiger partial charge is 0.508 e. The van der Waals surface area contributed by atoms with E-state index in [1.54, 1.807) is 31.3 Å². The van der Waals surface area contributed by atoms with E-state index in [4.69, 9.17) is 21.2 Å². The topological polar surface area (TPSA) is 128 Å². The van der Waals surface area contributed by atoms with E-state index in [9.17, 15) is 9.90 Å². The Morgan fingerprint density at radius 1 is 1.29 bits per heavy atom. The van der Waals surface area contributed by atoms with Gasteiger partial charge in [-0.1, -0.05) is 12.1 Å². The maximum absolute atomic E-state index is 12.0. The van der Waals surface area contributed by atoms with Gasteiger partial charge in [-0.3, -0.25) is 9.78 Å². The average molecular weight is 379 g/mol. The van der Waals surface area contributed by atoms with Gasteiger partial charge in [-0.2, -0.15) is 0 Å². The van der Waals surface area contributed by atoms with Crippen LogP contribution in [-0.4, -0.2) is 47.3 Å². The minimum atomic E-state index is -0.642. The summed E-state index contributed by atoms with van der Waals surface area (Å²) < 4.78 is 5.39. The van der Waals surface area contributed by atoms with Gasteiger partial charge in [0.05, 0.1) is 41.7 Å². The number of carbonyl (C=O) groups excluding carboxylic acids is 1. The van der Waals surface area contributed by atoms with Crippen molar-refractivity contribution in [3.05, 3.63) is 41.6 Å². The molecular weight excluding hydrogens is 358 g/mol. The second kappa shape index (κ2) is 6.97. The van der Waals surface area contributed by atoms with Gasteiger partial charge in [0.2, 0.25) is 0 Å². The number of hydrogen-bond acceptors (Lipinski definition) is 7. The van der Waals surface area contributed by atoms with Gasteiger partial charge in [-0.05, 0) is 30.2 Å². The third-order valence-corrected chi connectivity index (χ3v) is 5.04. The molecular formula is C20H21N5O3. The van der Waals surface area contributed by atoms with Crippen LogP contribution >= 0.6 is 0 Å². The minimum Gasteiger partial charge on any atom is -0.508 e. The van der Waals surface area contributed by atoms with Crippen LogP contribution in [0.2, 0.25) is 0 Å². The smallest absolute Gasteiger partial charge is 0.250 e. The lowest BCUT2D eigenvalue weighted by Crippen LogP contribution is -2.36. The number of anilines is 2. The van der Waals surface area contributed by atoms with Crippen molar-refractivity contribution < 1.29 is 14.6 Å². The summed E-state index contributed by atoms with van der Waals surface area (Å²) in [4.78, 5) is 23.4. The predicted molar refractivity (Wildman–Crippen MR) is 107 cm³/mol. The normalized spacial score (nSPS) is 14.4. The van der Waals surface area contributed by atoms with Gasteiger partial charge < -0.3 is 26.2 Å². The number of fused-ring (bicyclic) bond motifs is 1. The van der Waals surface area contributed by atoms with Crippen molar-refractivity contribution >= 4 is 28.4 Å². The van der Waals surface area contributed by atoms with Crippen LogP contribution in [0.4, 0.5) is 11.5 Å². The molecule has 0 aliphatic carbocycles. The molecule has 1 amide bonds. The fourth-order valence-corrected chi connectivity index (χ4v) is 3.48. The summed E-state index contributed by atoms with van der Waals surface area (Å²) in [6.45, 7) is 4.47. The number of carbonyl (C=O) groups is 1. The van der Waals surface area contributed by atoms with Crippen molar-refractivity contribution in [1.82, 2.24) is 9.97 Å². The van der Waals surface area contributed by atoms with Crippen LogP contribution in [-0.2, 0) is 4.74 Å². The summed E-state index contributed by atoms with van der Waals surface area (Å²) in [7, 11) is 0. The molecule has 0 atom stereocenters. The zero-order valence-corrected chi connectivity index (χ0v) is 15.5. The lowest BCUT2D eigenvalue weighted by Gasteiger charge is -2.27. The third-order valence-electron chi connectivity index (χ3n) is 5.04. The van der Waals surface area contributed by atoms with E-state index in [-0.39, 0.29) is 17.0 Å². The monoisotopic (exact) mass is 379 g/mol. The Balaban J connectivity index is 1.98. The molecule has 1 fully saturated rings. The maximum atomic E-state index is 12.0. The van der Waals surface area contributed by atoms with Gasteiger partial charge in [0, 0.05) is 18.7 Å². The Bertz CT molecular complexity index is 1080. The predicted octanol–water partition coefficient (Wildman–Crippen LogP) is 1.83. The SMILES string of the molecule is Cc1c(O)cccc1-c1c(N)c(C(N)=O)cc2nc(N3CCOCC3)cnc12. The van der Waals surface area contributed by atoms with Crippen LogP contribution in [0.1, 0.15) is 15.9 Å². The highest BCUT2D eigenvalue weighted by Gasteiger charge is 2.21. The Labute approximate surface area is 161 Å². The molecule has 0 unspecified atom stereocenters. The Kier molecular flexibility index (Phi) is 4.48. The second-order valence-electron chi connectivity index (χ2n) is 6.72. The number of primary amides is 1. The number of aromatic nitrogens is 2. The molecule has 4 rings (SSSR count). The summed E-state index contributed by atoms with van der Waals surface area (Å²) in [5, 5.41) is 10.1. The molecule has 2 aromatic carbocycles. The number of benzene rings is 2. The van der Waals surface area contributed by atoms with Gasteiger partial charge >= 0.3 is 0 Å². The summed E-state index contributed by atoms with van der Waals surface area (Å²) in [5.74, 6) is 0.194. The summed E-state index contributed by atoms with van der Waals surface area (Å²) in [5.41, 5.74) is 15.2. The molecule has 1 aliphatic heterocycles. The molecule has 1 aliphatic rings. The lowest BCUT2D eigenvalue weighted by molar-refractivity contribution is 0.100. The van der Waals surface area contributed by atoms with Gasteiger partial charge in [0.1, 0.15) is 11.6 Å². The number of amides is 1. The minimum absolute atomic E-state index is 0.132. The fraction of sp³-hybridized carbons (Fsp3) is 0.250. The van der Waals surface area contributed by atoms with E-state index in [0.29, 0.717) is 46.8 Å². The molecule has 8 nitrogen and oxygen atoms in total. The highest BCUT2D eigenvalue weighted by atomic mass is 16.5. The summed E-state index contributed by atoms with van der Waals surface area (Å²) in [6.07, 6.45) is 1.69. The number of nitrogens with two attached hydrogens (primary N) is 2. The number of morpholine rings is 1. The van der Waals surface area contributed by atoms with Crippen molar-refractivity contribution in [2.75, 3.05) is 36.9 Å².